The molecule has 24 heavy (non-hydrogen) atoms. The largest absolute Gasteiger partial charge is 0.265 e. The fraction of sp³-hybridized carbons (Fsp3) is 0.105. The summed E-state index contributed by atoms with van der Waals surface area (Å²) >= 11 is 0. The summed E-state index contributed by atoms with van der Waals surface area (Å²) in [6.45, 7) is 0.257. The molecule has 0 aliphatic carbocycles. The summed E-state index contributed by atoms with van der Waals surface area (Å²) < 4.78 is 27.5. The molecule has 1 heterocycles. The molecule has 2 aromatic carbocycles. The van der Waals surface area contributed by atoms with Crippen molar-refractivity contribution in [3.8, 4) is 0 Å². The van der Waals surface area contributed by atoms with Crippen molar-refractivity contribution in [2.45, 2.75) is 12.3 Å². The fourth-order valence-electron chi connectivity index (χ4n) is 2.46. The molecule has 1 aromatic heterocycles. The molecule has 0 spiro atoms. The van der Waals surface area contributed by atoms with Crippen LogP contribution in [0.4, 0.5) is 5.69 Å². The van der Waals surface area contributed by atoms with Crippen molar-refractivity contribution >= 4 is 15.7 Å². The predicted octanol–water partition coefficient (Wildman–Crippen LogP) is 3.62. The number of anilines is 1. The van der Waals surface area contributed by atoms with E-state index in [2.05, 4.69) is 4.98 Å². The maximum absolute atomic E-state index is 13.0. The van der Waals surface area contributed by atoms with Gasteiger partial charge in [-0.3, -0.25) is 9.29 Å². The van der Waals surface area contributed by atoms with E-state index < -0.39 is 10.0 Å². The number of para-hydroxylation sites is 1. The second-order valence-corrected chi connectivity index (χ2v) is 7.34. The lowest BCUT2D eigenvalue weighted by molar-refractivity contribution is 0.589. The average Bonchev–Trinajstić information content (AvgIpc) is 2.62. The minimum Gasteiger partial charge on any atom is -0.265 e. The second kappa shape index (κ2) is 7.27. The van der Waals surface area contributed by atoms with Gasteiger partial charge in [-0.15, -0.1) is 0 Å². The second-order valence-electron chi connectivity index (χ2n) is 5.45. The summed E-state index contributed by atoms with van der Waals surface area (Å²) in [5.41, 5.74) is 2.26. The molecule has 0 aliphatic heterocycles. The number of aromatic nitrogens is 1. The molecule has 0 aliphatic rings. The van der Waals surface area contributed by atoms with E-state index in [-0.39, 0.29) is 12.3 Å². The topological polar surface area (TPSA) is 50.3 Å². The Morgan fingerprint density at radius 2 is 1.42 bits per heavy atom. The monoisotopic (exact) mass is 338 g/mol. The first kappa shape index (κ1) is 16.2. The third-order valence-corrected chi connectivity index (χ3v) is 5.33. The van der Waals surface area contributed by atoms with Gasteiger partial charge >= 0.3 is 0 Å². The first-order valence-corrected chi connectivity index (χ1v) is 9.24. The molecule has 0 radical (unpaired) electrons. The van der Waals surface area contributed by atoms with Crippen LogP contribution in [-0.4, -0.2) is 13.4 Å². The van der Waals surface area contributed by atoms with Gasteiger partial charge in [-0.25, -0.2) is 8.42 Å². The minimum atomic E-state index is -3.52. The Bertz CT molecular complexity index is 867. The van der Waals surface area contributed by atoms with Gasteiger partial charge in [0.2, 0.25) is 10.0 Å². The Hall–Kier alpha value is -2.66. The van der Waals surface area contributed by atoms with Crippen LogP contribution < -0.4 is 4.31 Å². The molecule has 0 amide bonds. The van der Waals surface area contributed by atoms with Gasteiger partial charge in [-0.1, -0.05) is 54.6 Å². The van der Waals surface area contributed by atoms with E-state index in [0.29, 0.717) is 5.69 Å². The lowest BCUT2D eigenvalue weighted by atomic mass is 10.2. The standard InChI is InChI=1S/C19H18N2O2S/c22-24(23,16-17-8-3-1-4-9-17)21(19-11-5-2-6-12-19)15-18-10-7-13-20-14-18/h1-14H,15-16H2. The Balaban J connectivity index is 1.94. The van der Waals surface area contributed by atoms with Crippen LogP contribution in [0.5, 0.6) is 0 Å². The van der Waals surface area contributed by atoms with Crippen molar-refractivity contribution in [2.24, 2.45) is 0 Å². The average molecular weight is 338 g/mol. The molecule has 0 saturated heterocycles. The van der Waals surface area contributed by atoms with E-state index in [1.165, 1.54) is 4.31 Å². The zero-order valence-electron chi connectivity index (χ0n) is 13.1. The van der Waals surface area contributed by atoms with Crippen LogP contribution in [0.1, 0.15) is 11.1 Å². The minimum absolute atomic E-state index is 0.0387. The molecule has 0 N–H and O–H groups in total. The summed E-state index contributed by atoms with van der Waals surface area (Å²) in [5.74, 6) is -0.0387. The molecule has 3 aromatic rings. The molecule has 0 fully saturated rings. The van der Waals surface area contributed by atoms with Crippen LogP contribution in [0, 0.1) is 0 Å². The Labute approximate surface area is 142 Å². The zero-order chi connectivity index (χ0) is 16.8. The summed E-state index contributed by atoms with van der Waals surface area (Å²) in [6, 6.07) is 22.1. The quantitative estimate of drug-likeness (QED) is 0.690. The lowest BCUT2D eigenvalue weighted by Gasteiger charge is -2.24. The van der Waals surface area contributed by atoms with Crippen molar-refractivity contribution in [2.75, 3.05) is 4.31 Å². The van der Waals surface area contributed by atoms with Crippen LogP contribution in [0.15, 0.2) is 85.2 Å². The van der Waals surface area contributed by atoms with Gasteiger partial charge < -0.3 is 0 Å². The summed E-state index contributed by atoms with van der Waals surface area (Å²) in [6.07, 6.45) is 3.36. The van der Waals surface area contributed by atoms with E-state index in [1.807, 2.05) is 60.7 Å². The van der Waals surface area contributed by atoms with Gasteiger partial charge in [0.1, 0.15) is 0 Å². The highest BCUT2D eigenvalue weighted by Gasteiger charge is 2.23. The lowest BCUT2D eigenvalue weighted by Crippen LogP contribution is -2.31. The van der Waals surface area contributed by atoms with E-state index in [9.17, 15) is 8.42 Å². The van der Waals surface area contributed by atoms with Gasteiger partial charge in [0.05, 0.1) is 18.0 Å². The van der Waals surface area contributed by atoms with Crippen molar-refractivity contribution in [1.29, 1.82) is 0 Å². The molecular formula is C19H18N2O2S. The highest BCUT2D eigenvalue weighted by atomic mass is 32.2. The summed E-state index contributed by atoms with van der Waals surface area (Å²) in [5, 5.41) is 0. The maximum Gasteiger partial charge on any atom is 0.239 e. The van der Waals surface area contributed by atoms with Crippen molar-refractivity contribution in [3.05, 3.63) is 96.3 Å². The van der Waals surface area contributed by atoms with Crippen LogP contribution in [0.2, 0.25) is 0 Å². The molecule has 4 nitrogen and oxygen atoms in total. The highest BCUT2D eigenvalue weighted by Crippen LogP contribution is 2.23. The van der Waals surface area contributed by atoms with Crippen LogP contribution in [0.25, 0.3) is 0 Å². The third kappa shape index (κ3) is 4.00. The van der Waals surface area contributed by atoms with Gasteiger partial charge in [0.25, 0.3) is 0 Å². The number of sulfonamides is 1. The van der Waals surface area contributed by atoms with Crippen LogP contribution >= 0.6 is 0 Å². The molecule has 5 heteroatoms. The first-order chi connectivity index (χ1) is 11.6. The van der Waals surface area contributed by atoms with E-state index in [4.69, 9.17) is 0 Å². The highest BCUT2D eigenvalue weighted by molar-refractivity contribution is 7.92. The Morgan fingerprint density at radius 1 is 0.792 bits per heavy atom. The van der Waals surface area contributed by atoms with Crippen molar-refractivity contribution in [3.63, 3.8) is 0 Å². The molecule has 0 atom stereocenters. The smallest absolute Gasteiger partial charge is 0.239 e. The SMILES string of the molecule is O=S(=O)(Cc1ccccc1)N(Cc1cccnc1)c1ccccc1. The van der Waals surface area contributed by atoms with Gasteiger partial charge in [0.15, 0.2) is 0 Å². The van der Waals surface area contributed by atoms with E-state index >= 15 is 0 Å². The molecule has 0 saturated carbocycles. The first-order valence-electron chi connectivity index (χ1n) is 7.63. The molecule has 0 unspecified atom stereocenters. The van der Waals surface area contributed by atoms with E-state index in [1.54, 1.807) is 24.5 Å². The number of hydrogen-bond acceptors (Lipinski definition) is 3. The van der Waals surface area contributed by atoms with Crippen LogP contribution in [0.3, 0.4) is 0 Å². The third-order valence-electron chi connectivity index (χ3n) is 3.62. The summed E-state index contributed by atoms with van der Waals surface area (Å²) in [7, 11) is -3.52. The van der Waals surface area contributed by atoms with Crippen molar-refractivity contribution in [1.82, 2.24) is 4.98 Å². The summed E-state index contributed by atoms with van der Waals surface area (Å²) in [4.78, 5) is 4.08. The van der Waals surface area contributed by atoms with Crippen LogP contribution in [-0.2, 0) is 22.3 Å². The molecule has 3 rings (SSSR count). The normalized spacial score (nSPS) is 11.2. The van der Waals surface area contributed by atoms with E-state index in [0.717, 1.165) is 11.1 Å². The van der Waals surface area contributed by atoms with Gasteiger partial charge in [0, 0.05) is 12.4 Å². The van der Waals surface area contributed by atoms with Gasteiger partial charge in [-0.2, -0.15) is 0 Å². The Kier molecular flexibility index (Phi) is 4.91. The molecule has 0 bridgehead atoms. The number of rotatable bonds is 6. The zero-order valence-corrected chi connectivity index (χ0v) is 13.9. The fourth-order valence-corrected chi connectivity index (χ4v) is 4.02. The van der Waals surface area contributed by atoms with Gasteiger partial charge in [-0.05, 0) is 29.3 Å². The Morgan fingerprint density at radius 3 is 2.04 bits per heavy atom. The molecule has 122 valence electrons. The predicted molar refractivity (Wildman–Crippen MR) is 95.9 cm³/mol. The number of hydrogen-bond donors (Lipinski definition) is 0. The number of benzene rings is 2. The van der Waals surface area contributed by atoms with Crippen molar-refractivity contribution < 1.29 is 8.42 Å². The number of nitrogens with zero attached hydrogens (tertiary/aromatic N) is 2. The maximum atomic E-state index is 13.0. The molecular weight excluding hydrogens is 320 g/mol. The number of pyridine rings is 1.